The van der Waals surface area contributed by atoms with Crippen molar-refractivity contribution in [2.24, 2.45) is 5.92 Å². The monoisotopic (exact) mass is 235 g/mol. The average Bonchev–Trinajstić information content (AvgIpc) is 2.70. The molecule has 1 aromatic rings. The molecule has 5 nitrogen and oxygen atoms in total. The van der Waals surface area contributed by atoms with Crippen LogP contribution in [0.1, 0.15) is 37.1 Å². The zero-order chi connectivity index (χ0) is 12.6. The van der Waals surface area contributed by atoms with Crippen molar-refractivity contribution in [1.82, 2.24) is 14.5 Å². The number of carbonyl (C=O) groups is 2. The molecule has 0 bridgehead atoms. The van der Waals surface area contributed by atoms with Crippen molar-refractivity contribution in [3.8, 4) is 0 Å². The first kappa shape index (κ1) is 11.8. The fourth-order valence-corrected chi connectivity index (χ4v) is 2.09. The van der Waals surface area contributed by atoms with Gasteiger partial charge in [-0.05, 0) is 0 Å². The van der Waals surface area contributed by atoms with Gasteiger partial charge in [0.25, 0.3) is 0 Å². The number of nitrogens with zero attached hydrogens (tertiary/aromatic N) is 3. The second-order valence-electron chi connectivity index (χ2n) is 4.68. The summed E-state index contributed by atoms with van der Waals surface area (Å²) in [5.74, 6) is 0.968. The second kappa shape index (κ2) is 4.31. The number of hydrogen-bond acceptors (Lipinski definition) is 3. The molecule has 1 aromatic heterocycles. The van der Waals surface area contributed by atoms with Gasteiger partial charge in [0, 0.05) is 25.9 Å². The smallest absolute Gasteiger partial charge is 0.225 e. The van der Waals surface area contributed by atoms with Gasteiger partial charge in [0.1, 0.15) is 11.5 Å². The van der Waals surface area contributed by atoms with Gasteiger partial charge in [0.15, 0.2) is 5.78 Å². The first-order chi connectivity index (χ1) is 8.00. The zero-order valence-electron chi connectivity index (χ0n) is 10.4. The van der Waals surface area contributed by atoms with Gasteiger partial charge < -0.3 is 9.47 Å². The quantitative estimate of drug-likeness (QED) is 0.721. The Bertz CT molecular complexity index is 462. The van der Waals surface area contributed by atoms with Gasteiger partial charge >= 0.3 is 0 Å². The van der Waals surface area contributed by atoms with Crippen molar-refractivity contribution in [2.75, 3.05) is 6.54 Å². The molecule has 0 spiro atoms. The Labute approximate surface area is 100 Å². The van der Waals surface area contributed by atoms with E-state index in [1.54, 1.807) is 11.1 Å². The van der Waals surface area contributed by atoms with Crippen LogP contribution in [0.3, 0.4) is 0 Å². The molecule has 0 fully saturated rings. The highest BCUT2D eigenvalue weighted by atomic mass is 16.2. The number of Topliss-reactive ketones (excluding diaryl/α,β-unsaturated/α-hetero) is 1. The highest BCUT2D eigenvalue weighted by Gasteiger charge is 2.25. The number of ketones is 1. The number of hydrogen-bond donors (Lipinski definition) is 0. The summed E-state index contributed by atoms with van der Waals surface area (Å²) in [6.07, 6.45) is 1.60. The Kier molecular flexibility index (Phi) is 3.00. The minimum Gasteiger partial charge on any atom is -0.333 e. The van der Waals surface area contributed by atoms with Crippen LogP contribution in [-0.4, -0.2) is 32.7 Å². The molecule has 1 aliphatic heterocycles. The molecule has 0 aliphatic carbocycles. The third-order valence-corrected chi connectivity index (χ3v) is 3.03. The SMILES string of the molecule is CC(=O)c1cnc2n1CCN(C(=O)C(C)C)C2. The highest BCUT2D eigenvalue weighted by molar-refractivity contribution is 5.92. The third kappa shape index (κ3) is 2.09. The van der Waals surface area contributed by atoms with Crippen LogP contribution in [0.25, 0.3) is 0 Å². The summed E-state index contributed by atoms with van der Waals surface area (Å²) in [6.45, 7) is 7.14. The van der Waals surface area contributed by atoms with Gasteiger partial charge in [-0.2, -0.15) is 0 Å². The average molecular weight is 235 g/mol. The number of amides is 1. The normalized spacial score (nSPS) is 14.9. The van der Waals surface area contributed by atoms with Crippen molar-refractivity contribution in [3.05, 3.63) is 17.7 Å². The van der Waals surface area contributed by atoms with Gasteiger partial charge in [0.2, 0.25) is 5.91 Å². The van der Waals surface area contributed by atoms with E-state index < -0.39 is 0 Å². The number of imidazole rings is 1. The van der Waals surface area contributed by atoms with Gasteiger partial charge in [-0.3, -0.25) is 9.59 Å². The topological polar surface area (TPSA) is 55.2 Å². The lowest BCUT2D eigenvalue weighted by Gasteiger charge is -2.29. The van der Waals surface area contributed by atoms with Crippen LogP contribution in [0.15, 0.2) is 6.20 Å². The summed E-state index contributed by atoms with van der Waals surface area (Å²) in [5, 5.41) is 0. The lowest BCUT2D eigenvalue weighted by atomic mass is 10.2. The molecule has 0 atom stereocenters. The van der Waals surface area contributed by atoms with Gasteiger partial charge in [-0.15, -0.1) is 0 Å². The molecule has 2 heterocycles. The standard InChI is InChI=1S/C12H17N3O2/c1-8(2)12(17)14-4-5-15-10(9(3)16)6-13-11(15)7-14/h6,8H,4-5,7H2,1-3H3. The van der Waals surface area contributed by atoms with Crippen molar-refractivity contribution in [1.29, 1.82) is 0 Å². The van der Waals surface area contributed by atoms with Gasteiger partial charge in [-0.25, -0.2) is 4.98 Å². The van der Waals surface area contributed by atoms with Gasteiger partial charge in [0.05, 0.1) is 12.7 Å². The van der Waals surface area contributed by atoms with Crippen LogP contribution >= 0.6 is 0 Å². The maximum Gasteiger partial charge on any atom is 0.225 e. The lowest BCUT2D eigenvalue weighted by Crippen LogP contribution is -2.40. The molecule has 0 unspecified atom stereocenters. The number of fused-ring (bicyclic) bond motifs is 1. The van der Waals surface area contributed by atoms with Crippen LogP contribution < -0.4 is 0 Å². The molecule has 17 heavy (non-hydrogen) atoms. The summed E-state index contributed by atoms with van der Waals surface area (Å²) in [5.41, 5.74) is 0.636. The molecule has 0 N–H and O–H groups in total. The summed E-state index contributed by atoms with van der Waals surface area (Å²) in [7, 11) is 0. The van der Waals surface area contributed by atoms with Gasteiger partial charge in [-0.1, -0.05) is 13.8 Å². The Morgan fingerprint density at radius 3 is 2.65 bits per heavy atom. The molecule has 1 aliphatic rings. The van der Waals surface area contributed by atoms with Crippen molar-refractivity contribution < 1.29 is 9.59 Å². The van der Waals surface area contributed by atoms with Crippen LogP contribution in [0.4, 0.5) is 0 Å². The van der Waals surface area contributed by atoms with E-state index in [2.05, 4.69) is 4.98 Å². The second-order valence-corrected chi connectivity index (χ2v) is 4.68. The molecular formula is C12H17N3O2. The Morgan fingerprint density at radius 2 is 2.06 bits per heavy atom. The first-order valence-electron chi connectivity index (χ1n) is 5.85. The maximum absolute atomic E-state index is 11.9. The third-order valence-electron chi connectivity index (χ3n) is 3.03. The zero-order valence-corrected chi connectivity index (χ0v) is 10.4. The van der Waals surface area contributed by atoms with E-state index in [0.717, 1.165) is 5.82 Å². The fourth-order valence-electron chi connectivity index (χ4n) is 2.09. The summed E-state index contributed by atoms with van der Waals surface area (Å²) >= 11 is 0. The largest absolute Gasteiger partial charge is 0.333 e. The molecular weight excluding hydrogens is 218 g/mol. The Morgan fingerprint density at radius 1 is 1.35 bits per heavy atom. The minimum absolute atomic E-state index is 0.00351. The van der Waals surface area contributed by atoms with E-state index in [9.17, 15) is 9.59 Å². The molecule has 5 heteroatoms. The molecule has 2 rings (SSSR count). The van der Waals surface area contributed by atoms with Crippen molar-refractivity contribution in [3.63, 3.8) is 0 Å². The van der Waals surface area contributed by atoms with Crippen LogP contribution in [0, 0.1) is 5.92 Å². The van der Waals surface area contributed by atoms with Crippen molar-refractivity contribution in [2.45, 2.75) is 33.9 Å². The Hall–Kier alpha value is -1.65. The summed E-state index contributed by atoms with van der Waals surface area (Å²) in [4.78, 5) is 29.3. The van der Waals surface area contributed by atoms with E-state index >= 15 is 0 Å². The minimum atomic E-state index is 0.00351. The first-order valence-corrected chi connectivity index (χ1v) is 5.85. The molecule has 0 saturated carbocycles. The van der Waals surface area contributed by atoms with E-state index in [1.165, 1.54) is 6.92 Å². The molecule has 1 amide bonds. The molecule has 92 valence electrons. The molecule has 0 saturated heterocycles. The lowest BCUT2D eigenvalue weighted by molar-refractivity contribution is -0.136. The van der Waals surface area contributed by atoms with Crippen LogP contribution in [-0.2, 0) is 17.9 Å². The Balaban J connectivity index is 2.21. The predicted molar refractivity (Wildman–Crippen MR) is 62.5 cm³/mol. The number of aromatic nitrogens is 2. The summed E-state index contributed by atoms with van der Waals surface area (Å²) in [6, 6.07) is 0. The molecule has 0 radical (unpaired) electrons. The number of rotatable bonds is 2. The molecule has 0 aromatic carbocycles. The van der Waals surface area contributed by atoms with E-state index in [1.807, 2.05) is 18.4 Å². The maximum atomic E-state index is 11.9. The summed E-state index contributed by atoms with van der Waals surface area (Å²) < 4.78 is 1.91. The van der Waals surface area contributed by atoms with E-state index in [4.69, 9.17) is 0 Å². The predicted octanol–water partition coefficient (Wildman–Crippen LogP) is 1.08. The number of carbonyl (C=O) groups excluding carboxylic acids is 2. The van der Waals surface area contributed by atoms with E-state index in [-0.39, 0.29) is 17.6 Å². The van der Waals surface area contributed by atoms with Crippen molar-refractivity contribution >= 4 is 11.7 Å². The van der Waals surface area contributed by atoms with E-state index in [0.29, 0.717) is 25.3 Å². The highest BCUT2D eigenvalue weighted by Crippen LogP contribution is 2.16. The fraction of sp³-hybridized carbons (Fsp3) is 0.583. The van der Waals surface area contributed by atoms with Crippen LogP contribution in [0.2, 0.25) is 0 Å². The van der Waals surface area contributed by atoms with Crippen LogP contribution in [0.5, 0.6) is 0 Å².